The second-order valence-corrected chi connectivity index (χ2v) is 7.60. The van der Waals surface area contributed by atoms with Crippen LogP contribution in [0.5, 0.6) is 0 Å². The van der Waals surface area contributed by atoms with Gasteiger partial charge in [-0.2, -0.15) is 0 Å². The normalized spacial score (nSPS) is 43.0. The van der Waals surface area contributed by atoms with E-state index in [0.717, 1.165) is 12.0 Å². The van der Waals surface area contributed by atoms with Crippen LogP contribution in [0.3, 0.4) is 0 Å². The average Bonchev–Trinajstić information content (AvgIpc) is 2.75. The summed E-state index contributed by atoms with van der Waals surface area (Å²) < 4.78 is 6.25. The highest BCUT2D eigenvalue weighted by Crippen LogP contribution is 2.42. The number of fused-ring (bicyclic) bond motifs is 1. The zero-order chi connectivity index (χ0) is 13.0. The average molecular weight is 252 g/mol. The van der Waals surface area contributed by atoms with Gasteiger partial charge in [-0.15, -0.1) is 0 Å². The number of piperidine rings is 1. The summed E-state index contributed by atoms with van der Waals surface area (Å²) in [4.78, 5) is 2.70. The Bertz CT molecular complexity index is 312. The maximum atomic E-state index is 6.25. The van der Waals surface area contributed by atoms with Crippen LogP contribution in [-0.4, -0.2) is 47.8 Å². The summed E-state index contributed by atoms with van der Waals surface area (Å²) >= 11 is 0. The van der Waals surface area contributed by atoms with Crippen LogP contribution in [0.1, 0.15) is 47.0 Å². The van der Waals surface area contributed by atoms with E-state index in [1.54, 1.807) is 0 Å². The molecule has 3 heterocycles. The predicted octanol–water partition coefficient (Wildman–Crippen LogP) is 2.02. The van der Waals surface area contributed by atoms with Gasteiger partial charge in [0.1, 0.15) is 0 Å². The van der Waals surface area contributed by atoms with Gasteiger partial charge in [-0.1, -0.05) is 0 Å². The Morgan fingerprint density at radius 2 is 1.94 bits per heavy atom. The van der Waals surface area contributed by atoms with Crippen molar-refractivity contribution in [2.75, 3.05) is 19.6 Å². The van der Waals surface area contributed by atoms with Gasteiger partial charge in [0.05, 0.1) is 11.2 Å². The van der Waals surface area contributed by atoms with Crippen LogP contribution < -0.4 is 5.32 Å². The summed E-state index contributed by atoms with van der Waals surface area (Å²) in [5.74, 6) is 0.873. The Hall–Kier alpha value is -0.120. The van der Waals surface area contributed by atoms with E-state index in [4.69, 9.17) is 4.74 Å². The van der Waals surface area contributed by atoms with E-state index in [1.165, 1.54) is 38.9 Å². The molecule has 0 radical (unpaired) electrons. The Balaban J connectivity index is 1.72. The quantitative estimate of drug-likeness (QED) is 0.772. The van der Waals surface area contributed by atoms with Gasteiger partial charge >= 0.3 is 0 Å². The molecule has 3 heteroatoms. The molecule has 3 atom stereocenters. The largest absolute Gasteiger partial charge is 0.368 e. The first kappa shape index (κ1) is 12.9. The van der Waals surface area contributed by atoms with E-state index in [9.17, 15) is 0 Å². The molecule has 0 spiro atoms. The minimum Gasteiger partial charge on any atom is -0.368 e. The van der Waals surface area contributed by atoms with Gasteiger partial charge in [-0.3, -0.25) is 4.90 Å². The predicted molar refractivity (Wildman–Crippen MR) is 73.7 cm³/mol. The van der Waals surface area contributed by atoms with Gasteiger partial charge in [0.25, 0.3) is 0 Å². The fourth-order valence-corrected chi connectivity index (χ4v) is 4.44. The molecule has 0 amide bonds. The summed E-state index contributed by atoms with van der Waals surface area (Å²) in [6, 6.07) is 1.32. The molecule has 1 N–H and O–H groups in total. The van der Waals surface area contributed by atoms with E-state index in [1.807, 2.05) is 0 Å². The Kier molecular flexibility index (Phi) is 3.00. The van der Waals surface area contributed by atoms with Crippen LogP contribution in [0.2, 0.25) is 0 Å². The molecular weight excluding hydrogens is 224 g/mol. The Labute approximate surface area is 111 Å². The second-order valence-electron chi connectivity index (χ2n) is 7.60. The van der Waals surface area contributed by atoms with Crippen LogP contribution in [0.25, 0.3) is 0 Å². The number of rotatable bonds is 1. The number of likely N-dealkylation sites (tertiary alicyclic amines) is 1. The summed E-state index contributed by atoms with van der Waals surface area (Å²) in [6.45, 7) is 12.7. The third-order valence-electron chi connectivity index (χ3n) is 5.10. The second kappa shape index (κ2) is 4.19. The molecule has 0 aromatic rings. The van der Waals surface area contributed by atoms with Crippen molar-refractivity contribution in [1.29, 1.82) is 0 Å². The van der Waals surface area contributed by atoms with Crippen molar-refractivity contribution in [2.24, 2.45) is 5.92 Å². The molecule has 0 saturated carbocycles. The van der Waals surface area contributed by atoms with Gasteiger partial charge in [-0.05, 0) is 59.4 Å². The highest BCUT2D eigenvalue weighted by molar-refractivity contribution is 5.04. The highest BCUT2D eigenvalue weighted by Gasteiger charge is 2.51. The van der Waals surface area contributed by atoms with Gasteiger partial charge in [0.2, 0.25) is 0 Å². The highest BCUT2D eigenvalue weighted by atomic mass is 16.5. The molecule has 3 nitrogen and oxygen atoms in total. The van der Waals surface area contributed by atoms with E-state index in [-0.39, 0.29) is 11.2 Å². The van der Waals surface area contributed by atoms with Gasteiger partial charge < -0.3 is 10.1 Å². The van der Waals surface area contributed by atoms with E-state index in [2.05, 4.69) is 37.9 Å². The van der Waals surface area contributed by atoms with Crippen molar-refractivity contribution >= 4 is 0 Å². The Morgan fingerprint density at radius 3 is 2.56 bits per heavy atom. The first-order valence-corrected chi connectivity index (χ1v) is 7.55. The topological polar surface area (TPSA) is 24.5 Å². The standard InChI is InChI=1S/C15H28N2O/c1-14(2)8-13(15(3,4)18-14)17-9-11-6-5-7-16-12(11)10-17/h11-13,16H,5-10H2,1-4H3/t11-,12+,13?/m0/s1. The van der Waals surface area contributed by atoms with Crippen molar-refractivity contribution in [1.82, 2.24) is 10.2 Å². The fourth-order valence-electron chi connectivity index (χ4n) is 4.44. The SMILES string of the molecule is CC1(C)CC(N2C[C@@H]3CCCN[C@@H]3C2)C(C)(C)O1. The third-order valence-corrected chi connectivity index (χ3v) is 5.10. The van der Waals surface area contributed by atoms with Crippen molar-refractivity contribution in [3.8, 4) is 0 Å². The summed E-state index contributed by atoms with van der Waals surface area (Å²) in [7, 11) is 0. The summed E-state index contributed by atoms with van der Waals surface area (Å²) in [5, 5.41) is 3.70. The lowest BCUT2D eigenvalue weighted by Crippen LogP contribution is -2.46. The number of hydrogen-bond acceptors (Lipinski definition) is 3. The minimum atomic E-state index is -0.00298. The van der Waals surface area contributed by atoms with Crippen LogP contribution in [-0.2, 0) is 4.74 Å². The number of hydrogen-bond donors (Lipinski definition) is 1. The lowest BCUT2D eigenvalue weighted by atomic mass is 9.93. The first-order valence-electron chi connectivity index (χ1n) is 7.55. The van der Waals surface area contributed by atoms with E-state index >= 15 is 0 Å². The lowest BCUT2D eigenvalue weighted by molar-refractivity contribution is -0.0791. The zero-order valence-electron chi connectivity index (χ0n) is 12.3. The smallest absolute Gasteiger partial charge is 0.0789 e. The summed E-state index contributed by atoms with van der Waals surface area (Å²) in [6.07, 6.45) is 3.93. The maximum absolute atomic E-state index is 6.25. The molecule has 0 aromatic carbocycles. The zero-order valence-corrected chi connectivity index (χ0v) is 12.3. The number of ether oxygens (including phenoxy) is 1. The van der Waals surface area contributed by atoms with Crippen LogP contribution in [0.4, 0.5) is 0 Å². The fraction of sp³-hybridized carbons (Fsp3) is 1.00. The monoisotopic (exact) mass is 252 g/mol. The molecule has 0 bridgehead atoms. The molecule has 1 unspecified atom stereocenters. The molecule has 3 rings (SSSR count). The molecule has 3 saturated heterocycles. The molecule has 3 aliphatic rings. The van der Waals surface area contributed by atoms with Crippen molar-refractivity contribution in [2.45, 2.75) is 70.2 Å². The van der Waals surface area contributed by atoms with Gasteiger partial charge in [0.15, 0.2) is 0 Å². The molecule has 0 aromatic heterocycles. The number of nitrogens with one attached hydrogen (secondary N) is 1. The third kappa shape index (κ3) is 2.21. The van der Waals surface area contributed by atoms with Crippen LogP contribution in [0, 0.1) is 5.92 Å². The van der Waals surface area contributed by atoms with Crippen molar-refractivity contribution in [3.63, 3.8) is 0 Å². The molecule has 18 heavy (non-hydrogen) atoms. The van der Waals surface area contributed by atoms with Gasteiger partial charge in [-0.25, -0.2) is 0 Å². The molecule has 3 fully saturated rings. The molecule has 104 valence electrons. The lowest BCUT2D eigenvalue weighted by Gasteiger charge is -2.33. The van der Waals surface area contributed by atoms with Crippen LogP contribution >= 0.6 is 0 Å². The first-order chi connectivity index (χ1) is 8.37. The van der Waals surface area contributed by atoms with Crippen molar-refractivity contribution in [3.05, 3.63) is 0 Å². The number of nitrogens with zero attached hydrogens (tertiary/aromatic N) is 1. The molecular formula is C15H28N2O. The minimum absolute atomic E-state index is 0.00298. The molecule has 0 aliphatic carbocycles. The molecule has 3 aliphatic heterocycles. The van der Waals surface area contributed by atoms with Crippen LogP contribution in [0.15, 0.2) is 0 Å². The van der Waals surface area contributed by atoms with E-state index < -0.39 is 0 Å². The van der Waals surface area contributed by atoms with Gasteiger partial charge in [0, 0.05) is 25.2 Å². The Morgan fingerprint density at radius 1 is 1.17 bits per heavy atom. The van der Waals surface area contributed by atoms with Crippen molar-refractivity contribution < 1.29 is 4.74 Å². The maximum Gasteiger partial charge on any atom is 0.0789 e. The van der Waals surface area contributed by atoms with E-state index in [0.29, 0.717) is 6.04 Å². The summed E-state index contributed by atoms with van der Waals surface area (Å²) in [5.41, 5.74) is 0.0341.